The quantitative estimate of drug-likeness (QED) is 0.819. The van der Waals surface area contributed by atoms with E-state index in [4.69, 9.17) is 17.3 Å². The van der Waals surface area contributed by atoms with Crippen LogP contribution in [0.15, 0.2) is 24.3 Å². The third kappa shape index (κ3) is 2.13. The molecule has 0 saturated heterocycles. The summed E-state index contributed by atoms with van der Waals surface area (Å²) in [4.78, 5) is 7.18. The second-order valence-electron chi connectivity index (χ2n) is 3.46. The largest absolute Gasteiger partial charge is 0.369 e. The molecule has 0 radical (unpaired) electrons. The second kappa shape index (κ2) is 3.95. The summed E-state index contributed by atoms with van der Waals surface area (Å²) in [6.45, 7) is 1.95. The fraction of sp³-hybridized carbons (Fsp3) is 0.182. The Bertz CT molecular complexity index is 476. The number of aromatic nitrogens is 2. The van der Waals surface area contributed by atoms with Crippen LogP contribution in [0.1, 0.15) is 17.0 Å². The van der Waals surface area contributed by atoms with Crippen LogP contribution in [0.25, 0.3) is 0 Å². The first-order chi connectivity index (χ1) is 7.16. The number of hydrogen-bond acceptors (Lipinski definition) is 2. The van der Waals surface area contributed by atoms with E-state index in [2.05, 4.69) is 9.97 Å². The highest BCUT2D eigenvalue weighted by Gasteiger charge is 2.07. The van der Waals surface area contributed by atoms with Gasteiger partial charge in [0.1, 0.15) is 0 Å². The fourth-order valence-electron chi connectivity index (χ4n) is 1.52. The van der Waals surface area contributed by atoms with Gasteiger partial charge in [0.05, 0.1) is 5.69 Å². The summed E-state index contributed by atoms with van der Waals surface area (Å²) >= 11 is 6.06. The first kappa shape index (κ1) is 10.1. The Balaban J connectivity index is 2.29. The molecule has 15 heavy (non-hydrogen) atoms. The molecule has 1 heterocycles. The third-order valence-corrected chi connectivity index (χ3v) is 2.69. The van der Waals surface area contributed by atoms with Crippen LogP contribution in [0.2, 0.25) is 5.02 Å². The number of nitrogens with two attached hydrogens (primary N) is 1. The number of anilines is 1. The highest BCUT2D eigenvalue weighted by molar-refractivity contribution is 6.31. The van der Waals surface area contributed by atoms with Gasteiger partial charge < -0.3 is 10.7 Å². The van der Waals surface area contributed by atoms with E-state index in [9.17, 15) is 0 Å². The van der Waals surface area contributed by atoms with Crippen molar-refractivity contribution in [2.75, 3.05) is 5.73 Å². The molecule has 3 N–H and O–H groups in total. The number of imidazole rings is 1. The minimum Gasteiger partial charge on any atom is -0.369 e. The van der Waals surface area contributed by atoms with E-state index >= 15 is 0 Å². The molecule has 4 heteroatoms. The van der Waals surface area contributed by atoms with Gasteiger partial charge in [-0.1, -0.05) is 29.8 Å². The first-order valence-corrected chi connectivity index (χ1v) is 5.09. The molecule has 1 aromatic carbocycles. The van der Waals surface area contributed by atoms with E-state index in [-0.39, 0.29) is 0 Å². The summed E-state index contributed by atoms with van der Waals surface area (Å²) in [5, 5.41) is 0.762. The normalized spacial score (nSPS) is 10.5. The summed E-state index contributed by atoms with van der Waals surface area (Å²) < 4.78 is 0. The Morgan fingerprint density at radius 1 is 1.40 bits per heavy atom. The maximum Gasteiger partial charge on any atom is 0.197 e. The van der Waals surface area contributed by atoms with Crippen LogP contribution in [0, 0.1) is 6.92 Å². The second-order valence-corrected chi connectivity index (χ2v) is 3.87. The highest BCUT2D eigenvalue weighted by atomic mass is 35.5. The molecule has 0 fully saturated rings. The summed E-state index contributed by atoms with van der Waals surface area (Å²) in [6, 6.07) is 7.75. The molecule has 2 aromatic rings. The number of halogens is 1. The molecule has 0 aliphatic rings. The van der Waals surface area contributed by atoms with Gasteiger partial charge in [0, 0.05) is 17.1 Å². The monoisotopic (exact) mass is 221 g/mol. The molecule has 78 valence electrons. The van der Waals surface area contributed by atoms with Crippen LogP contribution >= 0.6 is 11.6 Å². The summed E-state index contributed by atoms with van der Waals surface area (Å²) in [7, 11) is 0. The number of aryl methyl sites for hydroxylation is 1. The van der Waals surface area contributed by atoms with Gasteiger partial charge in [-0.05, 0) is 18.6 Å². The maximum absolute atomic E-state index is 6.06. The summed E-state index contributed by atoms with van der Waals surface area (Å²) in [5.74, 6) is 0.453. The van der Waals surface area contributed by atoms with E-state index in [0.29, 0.717) is 12.4 Å². The number of aromatic amines is 1. The molecule has 0 aliphatic heterocycles. The van der Waals surface area contributed by atoms with Gasteiger partial charge in [-0.3, -0.25) is 0 Å². The zero-order chi connectivity index (χ0) is 10.8. The van der Waals surface area contributed by atoms with Crippen molar-refractivity contribution >= 4 is 17.5 Å². The Morgan fingerprint density at radius 3 is 2.73 bits per heavy atom. The predicted molar refractivity (Wildman–Crippen MR) is 62.0 cm³/mol. The van der Waals surface area contributed by atoms with Gasteiger partial charge in [0.2, 0.25) is 0 Å². The number of benzene rings is 1. The van der Waals surface area contributed by atoms with E-state index in [1.54, 1.807) is 0 Å². The summed E-state index contributed by atoms with van der Waals surface area (Å²) in [5.41, 5.74) is 8.57. The van der Waals surface area contributed by atoms with Gasteiger partial charge in [-0.25, -0.2) is 4.98 Å². The van der Waals surface area contributed by atoms with Gasteiger partial charge in [0.25, 0.3) is 0 Å². The minimum absolute atomic E-state index is 0.453. The molecule has 0 saturated carbocycles. The van der Waals surface area contributed by atoms with Crippen LogP contribution in [0.5, 0.6) is 0 Å². The zero-order valence-electron chi connectivity index (χ0n) is 8.42. The number of rotatable bonds is 2. The van der Waals surface area contributed by atoms with Crippen LogP contribution in [0.3, 0.4) is 0 Å². The molecule has 3 nitrogen and oxygen atoms in total. The lowest BCUT2D eigenvalue weighted by Crippen LogP contribution is -1.92. The highest BCUT2D eigenvalue weighted by Crippen LogP contribution is 2.19. The average molecular weight is 222 g/mol. The van der Waals surface area contributed by atoms with Crippen LogP contribution in [-0.4, -0.2) is 9.97 Å². The van der Waals surface area contributed by atoms with Crippen molar-refractivity contribution in [2.45, 2.75) is 13.3 Å². The number of H-pyrrole nitrogens is 1. The maximum atomic E-state index is 6.06. The van der Waals surface area contributed by atoms with Crippen molar-refractivity contribution in [1.29, 1.82) is 0 Å². The smallest absolute Gasteiger partial charge is 0.197 e. The Kier molecular flexibility index (Phi) is 2.64. The molecule has 0 aliphatic carbocycles. The average Bonchev–Trinajstić information content (AvgIpc) is 2.49. The molecular weight excluding hydrogens is 210 g/mol. The van der Waals surface area contributed by atoms with Crippen LogP contribution < -0.4 is 5.73 Å². The number of nitrogens with zero attached hydrogens (tertiary/aromatic N) is 1. The molecular formula is C11H12ClN3. The first-order valence-electron chi connectivity index (χ1n) is 4.71. The minimum atomic E-state index is 0.453. The third-order valence-electron chi connectivity index (χ3n) is 2.32. The lowest BCUT2D eigenvalue weighted by molar-refractivity contribution is 1.08. The lowest BCUT2D eigenvalue weighted by Gasteiger charge is -2.01. The van der Waals surface area contributed by atoms with E-state index in [1.165, 1.54) is 0 Å². The lowest BCUT2D eigenvalue weighted by atomic mass is 10.1. The van der Waals surface area contributed by atoms with E-state index in [1.807, 2.05) is 31.2 Å². The standard InChI is InChI=1S/C11H12ClN3/c1-7-10(15-11(13)14-7)6-8-4-2-3-5-9(8)12/h2-5H,6H2,1H3,(H3,13,14,15). The Morgan fingerprint density at radius 2 is 2.13 bits per heavy atom. The molecule has 0 amide bonds. The van der Waals surface area contributed by atoms with Crippen LogP contribution in [-0.2, 0) is 6.42 Å². The van der Waals surface area contributed by atoms with Gasteiger partial charge in [0.15, 0.2) is 5.95 Å². The van der Waals surface area contributed by atoms with Gasteiger partial charge >= 0.3 is 0 Å². The van der Waals surface area contributed by atoms with Crippen molar-refractivity contribution in [2.24, 2.45) is 0 Å². The van der Waals surface area contributed by atoms with E-state index in [0.717, 1.165) is 22.0 Å². The Labute approximate surface area is 93.3 Å². The molecule has 0 unspecified atom stereocenters. The molecule has 1 aromatic heterocycles. The topological polar surface area (TPSA) is 54.7 Å². The van der Waals surface area contributed by atoms with Crippen molar-refractivity contribution in [3.8, 4) is 0 Å². The van der Waals surface area contributed by atoms with Crippen molar-refractivity contribution in [3.05, 3.63) is 46.2 Å². The molecule has 0 bridgehead atoms. The van der Waals surface area contributed by atoms with Crippen molar-refractivity contribution in [1.82, 2.24) is 9.97 Å². The van der Waals surface area contributed by atoms with Crippen molar-refractivity contribution in [3.63, 3.8) is 0 Å². The van der Waals surface area contributed by atoms with Crippen LogP contribution in [0.4, 0.5) is 5.95 Å². The summed E-state index contributed by atoms with van der Waals surface area (Å²) in [6.07, 6.45) is 0.708. The fourth-order valence-corrected chi connectivity index (χ4v) is 1.72. The number of nitrogens with one attached hydrogen (secondary N) is 1. The zero-order valence-corrected chi connectivity index (χ0v) is 9.17. The number of hydrogen-bond donors (Lipinski definition) is 2. The SMILES string of the molecule is Cc1[nH]c(N)nc1Cc1ccccc1Cl. The molecule has 0 spiro atoms. The predicted octanol–water partition coefficient (Wildman–Crippen LogP) is 2.54. The van der Waals surface area contributed by atoms with Crippen molar-refractivity contribution < 1.29 is 0 Å². The van der Waals surface area contributed by atoms with Gasteiger partial charge in [-0.15, -0.1) is 0 Å². The van der Waals surface area contributed by atoms with Gasteiger partial charge in [-0.2, -0.15) is 0 Å². The molecule has 0 atom stereocenters. The molecule has 2 rings (SSSR count). The number of nitrogen functional groups attached to an aromatic ring is 1. The Hall–Kier alpha value is -1.48. The van der Waals surface area contributed by atoms with E-state index < -0.39 is 0 Å².